The quantitative estimate of drug-likeness (QED) is 0.766. The number of piperazine rings is 1. The summed E-state index contributed by atoms with van der Waals surface area (Å²) in [4.78, 5) is 35.1. The number of rotatable bonds is 3. The summed E-state index contributed by atoms with van der Waals surface area (Å²) in [7, 11) is 0. The van der Waals surface area contributed by atoms with Gasteiger partial charge in [0.1, 0.15) is 5.60 Å². The SMILES string of the molecule is CCOC(=O)c1nc(N2CCN(C(=O)OC(C)(C)C)CC2)ncc1F. The van der Waals surface area contributed by atoms with E-state index < -0.39 is 17.4 Å². The molecular weight excluding hydrogens is 331 g/mol. The van der Waals surface area contributed by atoms with Crippen LogP contribution in [-0.4, -0.2) is 65.3 Å². The number of hydrogen-bond donors (Lipinski definition) is 0. The monoisotopic (exact) mass is 354 g/mol. The molecule has 0 aromatic carbocycles. The van der Waals surface area contributed by atoms with Crippen LogP contribution >= 0.6 is 0 Å². The molecule has 1 fully saturated rings. The maximum atomic E-state index is 13.7. The average Bonchev–Trinajstić information content (AvgIpc) is 2.54. The zero-order valence-corrected chi connectivity index (χ0v) is 14.9. The topological polar surface area (TPSA) is 84.9 Å². The smallest absolute Gasteiger partial charge is 0.410 e. The van der Waals surface area contributed by atoms with Crippen LogP contribution in [0.5, 0.6) is 0 Å². The Labute approximate surface area is 145 Å². The van der Waals surface area contributed by atoms with Gasteiger partial charge in [-0.25, -0.2) is 23.9 Å². The van der Waals surface area contributed by atoms with Gasteiger partial charge in [0.15, 0.2) is 11.5 Å². The van der Waals surface area contributed by atoms with Crippen molar-refractivity contribution in [1.29, 1.82) is 0 Å². The third-order valence-corrected chi connectivity index (χ3v) is 3.41. The Bertz CT molecular complexity index is 640. The normalized spacial score (nSPS) is 15.1. The van der Waals surface area contributed by atoms with E-state index in [-0.39, 0.29) is 24.3 Å². The molecule has 0 spiro atoms. The number of nitrogens with zero attached hydrogens (tertiary/aromatic N) is 4. The second kappa shape index (κ2) is 7.62. The molecule has 0 aliphatic carbocycles. The van der Waals surface area contributed by atoms with E-state index in [0.29, 0.717) is 26.2 Å². The average molecular weight is 354 g/mol. The number of hydrogen-bond acceptors (Lipinski definition) is 7. The molecule has 2 heterocycles. The van der Waals surface area contributed by atoms with E-state index in [1.165, 1.54) is 0 Å². The Hall–Kier alpha value is -2.45. The molecule has 0 atom stereocenters. The molecule has 1 saturated heterocycles. The van der Waals surface area contributed by atoms with Crippen LogP contribution in [-0.2, 0) is 9.47 Å². The van der Waals surface area contributed by atoms with Crippen LogP contribution < -0.4 is 4.90 Å². The van der Waals surface area contributed by atoms with Crippen molar-refractivity contribution in [2.24, 2.45) is 0 Å². The molecule has 1 aliphatic rings. The minimum Gasteiger partial charge on any atom is -0.461 e. The third-order valence-electron chi connectivity index (χ3n) is 3.41. The summed E-state index contributed by atoms with van der Waals surface area (Å²) < 4.78 is 23.8. The van der Waals surface area contributed by atoms with Crippen LogP contribution in [0.15, 0.2) is 6.20 Å². The Kier molecular flexibility index (Phi) is 5.76. The zero-order chi connectivity index (χ0) is 18.6. The van der Waals surface area contributed by atoms with Crippen LogP contribution in [0.25, 0.3) is 0 Å². The largest absolute Gasteiger partial charge is 0.461 e. The van der Waals surface area contributed by atoms with Gasteiger partial charge < -0.3 is 19.3 Å². The molecule has 1 aromatic rings. The predicted octanol–water partition coefficient (Wildman–Crippen LogP) is 1.85. The minimum atomic E-state index is -0.824. The first-order valence-electron chi connectivity index (χ1n) is 8.14. The fraction of sp³-hybridized carbons (Fsp3) is 0.625. The second-order valence-corrected chi connectivity index (χ2v) is 6.54. The maximum absolute atomic E-state index is 13.7. The van der Waals surface area contributed by atoms with E-state index in [0.717, 1.165) is 6.20 Å². The fourth-order valence-corrected chi connectivity index (χ4v) is 2.27. The van der Waals surface area contributed by atoms with Gasteiger partial charge in [0.05, 0.1) is 12.8 Å². The lowest BCUT2D eigenvalue weighted by atomic mass is 10.2. The van der Waals surface area contributed by atoms with Gasteiger partial charge in [-0.3, -0.25) is 0 Å². The Balaban J connectivity index is 2.02. The van der Waals surface area contributed by atoms with Crippen molar-refractivity contribution in [2.45, 2.75) is 33.3 Å². The lowest BCUT2D eigenvalue weighted by Crippen LogP contribution is -2.50. The van der Waals surface area contributed by atoms with Gasteiger partial charge in [-0.1, -0.05) is 0 Å². The van der Waals surface area contributed by atoms with Crippen LogP contribution in [0.1, 0.15) is 38.2 Å². The minimum absolute atomic E-state index is 0.131. The fourth-order valence-electron chi connectivity index (χ4n) is 2.27. The van der Waals surface area contributed by atoms with Crippen LogP contribution in [0.4, 0.5) is 15.1 Å². The van der Waals surface area contributed by atoms with Crippen molar-refractivity contribution in [1.82, 2.24) is 14.9 Å². The standard InChI is InChI=1S/C16H23FN4O4/c1-5-24-13(22)12-11(17)10-18-14(19-12)20-6-8-21(9-7-20)15(23)25-16(2,3)4/h10H,5-9H2,1-4H3. The highest BCUT2D eigenvalue weighted by molar-refractivity contribution is 5.87. The number of esters is 1. The van der Waals surface area contributed by atoms with Crippen molar-refractivity contribution < 1.29 is 23.5 Å². The van der Waals surface area contributed by atoms with Crippen LogP contribution in [0.3, 0.4) is 0 Å². The number of aromatic nitrogens is 2. The number of carbonyl (C=O) groups is 2. The van der Waals surface area contributed by atoms with Crippen LogP contribution in [0.2, 0.25) is 0 Å². The Morgan fingerprint density at radius 2 is 1.88 bits per heavy atom. The van der Waals surface area contributed by atoms with Gasteiger partial charge in [-0.05, 0) is 27.7 Å². The van der Waals surface area contributed by atoms with Crippen molar-refractivity contribution >= 4 is 18.0 Å². The zero-order valence-electron chi connectivity index (χ0n) is 14.9. The summed E-state index contributed by atoms with van der Waals surface area (Å²) in [5.41, 5.74) is -0.940. The molecule has 0 unspecified atom stereocenters. The van der Waals surface area contributed by atoms with Crippen molar-refractivity contribution in [3.63, 3.8) is 0 Å². The molecule has 0 radical (unpaired) electrons. The molecule has 1 aliphatic heterocycles. The molecule has 0 bridgehead atoms. The van der Waals surface area contributed by atoms with Gasteiger partial charge >= 0.3 is 12.1 Å². The third kappa shape index (κ3) is 5.01. The van der Waals surface area contributed by atoms with E-state index in [9.17, 15) is 14.0 Å². The van der Waals surface area contributed by atoms with Crippen molar-refractivity contribution in [3.05, 3.63) is 17.7 Å². The van der Waals surface area contributed by atoms with Gasteiger partial charge in [-0.2, -0.15) is 0 Å². The maximum Gasteiger partial charge on any atom is 0.410 e. The van der Waals surface area contributed by atoms with E-state index >= 15 is 0 Å². The number of halogens is 1. The molecule has 1 amide bonds. The number of carbonyl (C=O) groups excluding carboxylic acids is 2. The molecule has 0 N–H and O–H groups in total. The molecule has 25 heavy (non-hydrogen) atoms. The highest BCUT2D eigenvalue weighted by Gasteiger charge is 2.27. The van der Waals surface area contributed by atoms with E-state index in [4.69, 9.17) is 9.47 Å². The van der Waals surface area contributed by atoms with E-state index in [2.05, 4.69) is 9.97 Å². The predicted molar refractivity (Wildman–Crippen MR) is 88.0 cm³/mol. The highest BCUT2D eigenvalue weighted by atomic mass is 19.1. The lowest BCUT2D eigenvalue weighted by Gasteiger charge is -2.35. The summed E-state index contributed by atoms with van der Waals surface area (Å²) in [6.07, 6.45) is 0.578. The summed E-state index contributed by atoms with van der Waals surface area (Å²) in [5.74, 6) is -1.42. The van der Waals surface area contributed by atoms with Gasteiger partial charge in [0, 0.05) is 26.2 Å². The lowest BCUT2D eigenvalue weighted by molar-refractivity contribution is 0.0240. The first-order valence-corrected chi connectivity index (χ1v) is 8.14. The van der Waals surface area contributed by atoms with Crippen molar-refractivity contribution in [2.75, 3.05) is 37.7 Å². The molecule has 9 heteroatoms. The first kappa shape index (κ1) is 18.9. The molecule has 0 saturated carbocycles. The molecular formula is C16H23FN4O4. The Morgan fingerprint density at radius 3 is 2.44 bits per heavy atom. The van der Waals surface area contributed by atoms with Gasteiger partial charge in [0.25, 0.3) is 0 Å². The highest BCUT2D eigenvalue weighted by Crippen LogP contribution is 2.16. The summed E-state index contributed by atoms with van der Waals surface area (Å²) in [5, 5.41) is 0. The molecule has 2 rings (SSSR count). The molecule has 8 nitrogen and oxygen atoms in total. The van der Waals surface area contributed by atoms with E-state index in [1.807, 2.05) is 20.8 Å². The first-order chi connectivity index (χ1) is 11.7. The van der Waals surface area contributed by atoms with Gasteiger partial charge in [-0.15, -0.1) is 0 Å². The molecule has 138 valence electrons. The number of anilines is 1. The second-order valence-electron chi connectivity index (χ2n) is 6.54. The summed E-state index contributed by atoms with van der Waals surface area (Å²) in [6, 6.07) is 0. The summed E-state index contributed by atoms with van der Waals surface area (Å²) >= 11 is 0. The van der Waals surface area contributed by atoms with Crippen LogP contribution in [0, 0.1) is 5.82 Å². The summed E-state index contributed by atoms with van der Waals surface area (Å²) in [6.45, 7) is 8.94. The number of amides is 1. The molecule has 1 aromatic heterocycles. The van der Waals surface area contributed by atoms with Gasteiger partial charge in [0.2, 0.25) is 5.95 Å². The van der Waals surface area contributed by atoms with Crippen molar-refractivity contribution in [3.8, 4) is 0 Å². The Morgan fingerprint density at radius 1 is 1.24 bits per heavy atom. The number of ether oxygens (including phenoxy) is 2. The van der Waals surface area contributed by atoms with E-state index in [1.54, 1.807) is 16.7 Å².